The lowest BCUT2D eigenvalue weighted by molar-refractivity contribution is 1.45. The number of hydrogen-bond donors (Lipinski definition) is 0. The summed E-state index contributed by atoms with van der Waals surface area (Å²) in [7, 11) is 0. The fraction of sp³-hybridized carbons (Fsp3) is 0.0769. The van der Waals surface area contributed by atoms with Crippen LogP contribution < -0.4 is 0 Å². The monoisotopic (exact) mass is 334 g/mol. The van der Waals surface area contributed by atoms with Gasteiger partial charge in [0.25, 0.3) is 0 Å². The van der Waals surface area contributed by atoms with E-state index in [-0.39, 0.29) is 0 Å². The zero-order valence-electron chi connectivity index (χ0n) is 15.2. The summed E-state index contributed by atoms with van der Waals surface area (Å²) >= 11 is 0. The standard InChI is InChI=1S/C26H22/c1-19-8-6-12-23(16-19)25-15-14-22(21-10-4-3-5-11-21)18-26(25)24-13-7-9-20(2)17-24/h3-18H,1-2H3. The molecule has 0 saturated heterocycles. The normalized spacial score (nSPS) is 10.7. The Kier molecular flexibility index (Phi) is 4.41. The first-order valence-electron chi connectivity index (χ1n) is 9.04. The molecular weight excluding hydrogens is 312 g/mol. The first-order chi connectivity index (χ1) is 12.7. The van der Waals surface area contributed by atoms with Crippen molar-refractivity contribution in [1.82, 2.24) is 0 Å². The molecule has 0 aliphatic rings. The zero-order chi connectivity index (χ0) is 17.9. The molecule has 0 heterocycles. The van der Waals surface area contributed by atoms with E-state index in [1.54, 1.807) is 0 Å². The van der Waals surface area contributed by atoms with Gasteiger partial charge in [-0.05, 0) is 53.3 Å². The summed E-state index contributed by atoms with van der Waals surface area (Å²) in [6, 6.07) is 34.9. The lowest BCUT2D eigenvalue weighted by Gasteiger charge is -2.14. The van der Waals surface area contributed by atoms with Gasteiger partial charge in [0.15, 0.2) is 0 Å². The summed E-state index contributed by atoms with van der Waals surface area (Å²) in [5.41, 5.74) is 10.1. The van der Waals surface area contributed by atoms with Crippen molar-refractivity contribution in [1.29, 1.82) is 0 Å². The van der Waals surface area contributed by atoms with Gasteiger partial charge in [-0.1, -0.05) is 102 Å². The molecule has 0 nitrogen and oxygen atoms in total. The Balaban J connectivity index is 1.94. The van der Waals surface area contributed by atoms with Gasteiger partial charge in [0, 0.05) is 0 Å². The quantitative estimate of drug-likeness (QED) is 0.368. The first kappa shape index (κ1) is 16.4. The summed E-state index contributed by atoms with van der Waals surface area (Å²) in [6.07, 6.45) is 0. The smallest absolute Gasteiger partial charge is 0.00991 e. The number of aryl methyl sites for hydroxylation is 2. The van der Waals surface area contributed by atoms with Gasteiger partial charge in [-0.25, -0.2) is 0 Å². The molecule has 0 aliphatic carbocycles. The third-order valence-corrected chi connectivity index (χ3v) is 4.78. The Hall–Kier alpha value is -3.12. The largest absolute Gasteiger partial charge is 0.0622 e. The highest BCUT2D eigenvalue weighted by molar-refractivity contribution is 5.87. The van der Waals surface area contributed by atoms with Crippen LogP contribution in [0.1, 0.15) is 11.1 Å². The Morgan fingerprint density at radius 1 is 0.385 bits per heavy atom. The molecule has 0 heteroatoms. The number of hydrogen-bond acceptors (Lipinski definition) is 0. The summed E-state index contributed by atoms with van der Waals surface area (Å²) < 4.78 is 0. The van der Waals surface area contributed by atoms with Crippen LogP contribution >= 0.6 is 0 Å². The third kappa shape index (κ3) is 3.32. The second kappa shape index (κ2) is 7.01. The Bertz CT molecular complexity index is 1040. The van der Waals surface area contributed by atoms with E-state index >= 15 is 0 Å². The van der Waals surface area contributed by atoms with Crippen LogP contribution in [-0.4, -0.2) is 0 Å². The number of rotatable bonds is 3. The molecule has 0 spiro atoms. The minimum atomic E-state index is 1.25. The van der Waals surface area contributed by atoms with E-state index in [0.717, 1.165) is 0 Å². The molecule has 0 saturated carbocycles. The van der Waals surface area contributed by atoms with Gasteiger partial charge in [-0.15, -0.1) is 0 Å². The van der Waals surface area contributed by atoms with Crippen molar-refractivity contribution < 1.29 is 0 Å². The molecule has 0 aromatic heterocycles. The summed E-state index contributed by atoms with van der Waals surface area (Å²) in [6.45, 7) is 4.30. The minimum absolute atomic E-state index is 1.25. The number of benzene rings is 4. The van der Waals surface area contributed by atoms with E-state index in [4.69, 9.17) is 0 Å². The van der Waals surface area contributed by atoms with Crippen molar-refractivity contribution in [3.63, 3.8) is 0 Å². The van der Waals surface area contributed by atoms with Crippen molar-refractivity contribution in [2.24, 2.45) is 0 Å². The van der Waals surface area contributed by atoms with E-state index < -0.39 is 0 Å². The SMILES string of the molecule is Cc1cccc(-c2ccc(-c3ccccc3)cc2-c2cccc(C)c2)c1. The molecule has 0 unspecified atom stereocenters. The molecule has 4 aromatic rings. The molecule has 126 valence electrons. The van der Waals surface area contributed by atoms with Crippen LogP contribution in [0.25, 0.3) is 33.4 Å². The minimum Gasteiger partial charge on any atom is -0.0622 e. The predicted octanol–water partition coefficient (Wildman–Crippen LogP) is 7.30. The summed E-state index contributed by atoms with van der Waals surface area (Å²) in [5.74, 6) is 0. The van der Waals surface area contributed by atoms with E-state index in [1.165, 1.54) is 44.5 Å². The Morgan fingerprint density at radius 3 is 1.58 bits per heavy atom. The molecule has 0 aliphatic heterocycles. The maximum Gasteiger partial charge on any atom is -0.00991 e. The second-order valence-corrected chi connectivity index (χ2v) is 6.87. The predicted molar refractivity (Wildman–Crippen MR) is 112 cm³/mol. The maximum absolute atomic E-state index is 2.32. The zero-order valence-corrected chi connectivity index (χ0v) is 15.2. The Labute approximate surface area is 155 Å². The summed E-state index contributed by atoms with van der Waals surface area (Å²) in [5, 5.41) is 0. The van der Waals surface area contributed by atoms with Gasteiger partial charge in [-0.2, -0.15) is 0 Å². The second-order valence-electron chi connectivity index (χ2n) is 6.87. The topological polar surface area (TPSA) is 0 Å². The molecule has 0 amide bonds. The van der Waals surface area contributed by atoms with Crippen LogP contribution in [-0.2, 0) is 0 Å². The van der Waals surface area contributed by atoms with E-state index in [1.807, 2.05) is 0 Å². The van der Waals surface area contributed by atoms with E-state index in [2.05, 4.69) is 111 Å². The van der Waals surface area contributed by atoms with Crippen LogP contribution in [0.2, 0.25) is 0 Å². The fourth-order valence-corrected chi connectivity index (χ4v) is 3.47. The average Bonchev–Trinajstić information content (AvgIpc) is 2.68. The molecule has 0 fully saturated rings. The van der Waals surface area contributed by atoms with Crippen molar-refractivity contribution in [2.45, 2.75) is 13.8 Å². The van der Waals surface area contributed by atoms with Crippen molar-refractivity contribution in [3.8, 4) is 33.4 Å². The fourth-order valence-electron chi connectivity index (χ4n) is 3.47. The van der Waals surface area contributed by atoms with Gasteiger partial charge in [0.2, 0.25) is 0 Å². The molecule has 4 rings (SSSR count). The molecule has 0 bridgehead atoms. The van der Waals surface area contributed by atoms with Crippen LogP contribution in [0, 0.1) is 13.8 Å². The lowest BCUT2D eigenvalue weighted by atomic mass is 9.90. The van der Waals surface area contributed by atoms with Gasteiger partial charge < -0.3 is 0 Å². The van der Waals surface area contributed by atoms with Gasteiger partial charge in [-0.3, -0.25) is 0 Å². The van der Waals surface area contributed by atoms with Crippen LogP contribution in [0.4, 0.5) is 0 Å². The molecule has 0 atom stereocenters. The van der Waals surface area contributed by atoms with Crippen molar-refractivity contribution in [3.05, 3.63) is 108 Å². The van der Waals surface area contributed by atoms with Gasteiger partial charge in [0.05, 0.1) is 0 Å². The van der Waals surface area contributed by atoms with Crippen LogP contribution in [0.5, 0.6) is 0 Å². The highest BCUT2D eigenvalue weighted by atomic mass is 14.1. The lowest BCUT2D eigenvalue weighted by Crippen LogP contribution is -1.89. The highest BCUT2D eigenvalue weighted by Gasteiger charge is 2.10. The first-order valence-corrected chi connectivity index (χ1v) is 9.04. The van der Waals surface area contributed by atoms with E-state index in [9.17, 15) is 0 Å². The average molecular weight is 334 g/mol. The van der Waals surface area contributed by atoms with Crippen LogP contribution in [0.15, 0.2) is 97.1 Å². The van der Waals surface area contributed by atoms with Gasteiger partial charge in [0.1, 0.15) is 0 Å². The molecule has 26 heavy (non-hydrogen) atoms. The highest BCUT2D eigenvalue weighted by Crippen LogP contribution is 2.36. The summed E-state index contributed by atoms with van der Waals surface area (Å²) in [4.78, 5) is 0. The molecular formula is C26H22. The molecule has 4 aromatic carbocycles. The van der Waals surface area contributed by atoms with Crippen molar-refractivity contribution >= 4 is 0 Å². The Morgan fingerprint density at radius 2 is 0.962 bits per heavy atom. The van der Waals surface area contributed by atoms with Crippen LogP contribution in [0.3, 0.4) is 0 Å². The maximum atomic E-state index is 2.32. The molecule has 0 radical (unpaired) electrons. The van der Waals surface area contributed by atoms with E-state index in [0.29, 0.717) is 0 Å². The third-order valence-electron chi connectivity index (χ3n) is 4.78. The van der Waals surface area contributed by atoms with Gasteiger partial charge >= 0.3 is 0 Å². The van der Waals surface area contributed by atoms with Crippen molar-refractivity contribution in [2.75, 3.05) is 0 Å². The molecule has 0 N–H and O–H groups in total.